The molecule has 11 aromatic rings. The van der Waals surface area contributed by atoms with Crippen molar-refractivity contribution in [3.05, 3.63) is 200 Å². The third-order valence-electron chi connectivity index (χ3n) is 11.0. The highest BCUT2D eigenvalue weighted by Crippen LogP contribution is 2.47. The third-order valence-corrected chi connectivity index (χ3v) is 12.2. The van der Waals surface area contributed by atoms with Crippen LogP contribution in [-0.4, -0.2) is 0 Å². The van der Waals surface area contributed by atoms with E-state index in [2.05, 4.69) is 205 Å². The molecule has 54 heavy (non-hydrogen) atoms. The fraction of sp³-hybridized carbons (Fsp3) is 0. The summed E-state index contributed by atoms with van der Waals surface area (Å²) in [5.41, 5.74) is 8.25. The quantitative estimate of drug-likeness (QED) is 0.161. The first-order valence-electron chi connectivity index (χ1n) is 18.5. The molecule has 252 valence electrons. The Morgan fingerprint density at radius 2 is 0.981 bits per heavy atom. The van der Waals surface area contributed by atoms with E-state index in [9.17, 15) is 0 Å². The zero-order valence-corrected chi connectivity index (χ0v) is 30.2. The number of nitrogens with zero attached hydrogens (tertiary/aromatic N) is 1. The average molecular weight is 704 g/mol. The topological polar surface area (TPSA) is 3.24 Å². The monoisotopic (exact) mass is 703 g/mol. The predicted octanol–water partition coefficient (Wildman–Crippen LogP) is 15.5. The zero-order valence-electron chi connectivity index (χ0n) is 29.4. The van der Waals surface area contributed by atoms with Crippen LogP contribution in [0.1, 0.15) is 0 Å². The van der Waals surface area contributed by atoms with Crippen LogP contribution in [0.25, 0.3) is 85.5 Å². The van der Waals surface area contributed by atoms with Crippen molar-refractivity contribution in [1.29, 1.82) is 0 Å². The van der Waals surface area contributed by atoms with Gasteiger partial charge in [0.25, 0.3) is 0 Å². The molecule has 11 rings (SSSR count). The lowest BCUT2D eigenvalue weighted by Gasteiger charge is -2.28. The highest BCUT2D eigenvalue weighted by molar-refractivity contribution is 7.26. The van der Waals surface area contributed by atoms with Crippen LogP contribution in [0.15, 0.2) is 200 Å². The van der Waals surface area contributed by atoms with E-state index < -0.39 is 0 Å². The van der Waals surface area contributed by atoms with Crippen molar-refractivity contribution in [2.75, 3.05) is 4.90 Å². The number of fused-ring (bicyclic) bond motifs is 10. The number of thiophene rings is 1. The van der Waals surface area contributed by atoms with Crippen LogP contribution in [0, 0.1) is 0 Å². The van der Waals surface area contributed by atoms with Gasteiger partial charge in [-0.15, -0.1) is 11.3 Å². The van der Waals surface area contributed by atoms with Crippen molar-refractivity contribution in [3.8, 4) is 22.3 Å². The largest absolute Gasteiger partial charge is 0.310 e. The van der Waals surface area contributed by atoms with Crippen molar-refractivity contribution in [3.63, 3.8) is 0 Å². The van der Waals surface area contributed by atoms with E-state index in [-0.39, 0.29) is 0 Å². The molecule has 0 N–H and O–H groups in total. The van der Waals surface area contributed by atoms with Gasteiger partial charge in [0.15, 0.2) is 0 Å². The van der Waals surface area contributed by atoms with E-state index in [0.717, 1.165) is 11.4 Å². The predicted molar refractivity (Wildman–Crippen MR) is 235 cm³/mol. The van der Waals surface area contributed by atoms with Crippen molar-refractivity contribution >= 4 is 91.7 Å². The number of hydrogen-bond donors (Lipinski definition) is 0. The Hall–Kier alpha value is -6.74. The van der Waals surface area contributed by atoms with Gasteiger partial charge in [-0.25, -0.2) is 0 Å². The molecule has 0 saturated carbocycles. The highest BCUT2D eigenvalue weighted by Gasteiger charge is 2.20. The lowest BCUT2D eigenvalue weighted by molar-refractivity contribution is 1.30. The molecular weight excluding hydrogens is 671 g/mol. The van der Waals surface area contributed by atoms with Gasteiger partial charge >= 0.3 is 0 Å². The first-order chi connectivity index (χ1) is 26.8. The van der Waals surface area contributed by atoms with E-state index in [1.54, 1.807) is 0 Å². The summed E-state index contributed by atoms with van der Waals surface area (Å²) < 4.78 is 2.63. The molecule has 0 aliphatic heterocycles. The fourth-order valence-electron chi connectivity index (χ4n) is 8.49. The molecule has 1 aromatic heterocycles. The molecule has 1 nitrogen and oxygen atoms in total. The number of rotatable bonds is 5. The van der Waals surface area contributed by atoms with E-state index in [1.807, 2.05) is 11.3 Å². The van der Waals surface area contributed by atoms with Gasteiger partial charge in [-0.05, 0) is 102 Å². The van der Waals surface area contributed by atoms with Crippen LogP contribution in [0.3, 0.4) is 0 Å². The molecular formula is C52H33NS. The molecule has 0 aliphatic rings. The summed E-state index contributed by atoms with van der Waals surface area (Å²) >= 11 is 1.89. The summed E-state index contributed by atoms with van der Waals surface area (Å²) in [5, 5.41) is 12.8. The second kappa shape index (κ2) is 12.4. The Morgan fingerprint density at radius 3 is 1.85 bits per heavy atom. The Kier molecular flexibility index (Phi) is 7.11. The van der Waals surface area contributed by atoms with Crippen LogP contribution in [0.5, 0.6) is 0 Å². The normalized spacial score (nSPS) is 11.7. The molecule has 0 fully saturated rings. The Labute approximate surface area is 317 Å². The van der Waals surface area contributed by atoms with Crippen molar-refractivity contribution < 1.29 is 0 Å². The summed E-state index contributed by atoms with van der Waals surface area (Å²) in [6, 6.07) is 73.5. The van der Waals surface area contributed by atoms with E-state index in [4.69, 9.17) is 0 Å². The molecule has 0 bridgehead atoms. The molecule has 2 heteroatoms. The van der Waals surface area contributed by atoms with Gasteiger partial charge in [0.05, 0.1) is 5.69 Å². The van der Waals surface area contributed by atoms with Gasteiger partial charge in [0.1, 0.15) is 0 Å². The molecule has 0 atom stereocenters. The number of benzene rings is 10. The van der Waals surface area contributed by atoms with Gasteiger partial charge in [0.2, 0.25) is 0 Å². The Balaban J connectivity index is 1.14. The van der Waals surface area contributed by atoms with E-state index in [0.29, 0.717) is 0 Å². The molecule has 0 unspecified atom stereocenters. The summed E-state index contributed by atoms with van der Waals surface area (Å²) in [6.07, 6.45) is 0. The molecule has 1 heterocycles. The van der Waals surface area contributed by atoms with Gasteiger partial charge in [-0.1, -0.05) is 158 Å². The summed E-state index contributed by atoms with van der Waals surface area (Å²) in [6.45, 7) is 0. The molecule has 0 aliphatic carbocycles. The Morgan fingerprint density at radius 1 is 0.333 bits per heavy atom. The SMILES string of the molecule is c1ccc(-c2cccc(N(c3ccc(-c4cc5c6ccccc6ccc5c5ccccc45)cc3)c3cccc4ccc5c6ccccc6sc5c34)c2)cc1. The number of hydrogen-bond acceptors (Lipinski definition) is 2. The molecule has 0 spiro atoms. The first-order valence-corrected chi connectivity index (χ1v) is 19.3. The molecule has 10 aromatic carbocycles. The maximum Gasteiger partial charge on any atom is 0.0554 e. The fourth-order valence-corrected chi connectivity index (χ4v) is 9.76. The van der Waals surface area contributed by atoms with Crippen LogP contribution < -0.4 is 4.90 Å². The number of anilines is 3. The van der Waals surface area contributed by atoms with E-state index in [1.165, 1.54) is 91.2 Å². The lowest BCUT2D eigenvalue weighted by Crippen LogP contribution is -2.10. The van der Waals surface area contributed by atoms with Crippen LogP contribution in [-0.2, 0) is 0 Å². The van der Waals surface area contributed by atoms with Crippen molar-refractivity contribution in [2.45, 2.75) is 0 Å². The second-order valence-electron chi connectivity index (χ2n) is 14.1. The summed E-state index contributed by atoms with van der Waals surface area (Å²) in [5.74, 6) is 0. The second-order valence-corrected chi connectivity index (χ2v) is 15.1. The van der Waals surface area contributed by atoms with Crippen molar-refractivity contribution in [2.24, 2.45) is 0 Å². The maximum atomic E-state index is 2.45. The molecule has 0 saturated heterocycles. The van der Waals surface area contributed by atoms with Gasteiger partial charge in [-0.2, -0.15) is 0 Å². The lowest BCUT2D eigenvalue weighted by atomic mass is 9.91. The molecule has 0 radical (unpaired) electrons. The standard InChI is InChI=1S/C52H33NS/c1-2-12-34(13-3-1)38-16-10-17-40(32-38)53(49-22-11-15-37-27-31-46-45-21-8-9-23-50(45)54-52(46)51(37)49)39-28-24-36(25-29-39)47-33-48-41-18-5-4-14-35(41)26-30-44(48)42-19-6-7-20-43(42)47/h1-33H. The van der Waals surface area contributed by atoms with Crippen LogP contribution in [0.4, 0.5) is 17.1 Å². The van der Waals surface area contributed by atoms with Crippen LogP contribution in [0.2, 0.25) is 0 Å². The zero-order chi connectivity index (χ0) is 35.6. The minimum absolute atomic E-state index is 1.12. The summed E-state index contributed by atoms with van der Waals surface area (Å²) in [4.78, 5) is 2.45. The van der Waals surface area contributed by atoms with Crippen LogP contribution >= 0.6 is 11.3 Å². The minimum atomic E-state index is 1.12. The van der Waals surface area contributed by atoms with Crippen molar-refractivity contribution in [1.82, 2.24) is 0 Å². The smallest absolute Gasteiger partial charge is 0.0554 e. The highest BCUT2D eigenvalue weighted by atomic mass is 32.1. The van der Waals surface area contributed by atoms with Gasteiger partial charge in [0, 0.05) is 36.9 Å². The van der Waals surface area contributed by atoms with Gasteiger partial charge < -0.3 is 4.90 Å². The molecule has 0 amide bonds. The third kappa shape index (κ3) is 4.92. The minimum Gasteiger partial charge on any atom is -0.310 e. The van der Waals surface area contributed by atoms with E-state index >= 15 is 0 Å². The average Bonchev–Trinajstić information content (AvgIpc) is 3.63. The van der Waals surface area contributed by atoms with Gasteiger partial charge in [-0.3, -0.25) is 0 Å². The summed E-state index contributed by atoms with van der Waals surface area (Å²) in [7, 11) is 0. The maximum absolute atomic E-state index is 2.45. The first kappa shape index (κ1) is 30.8. The Bertz CT molecular complexity index is 3210.